The van der Waals surface area contributed by atoms with Crippen LogP contribution >= 0.6 is 0 Å². The first kappa shape index (κ1) is 14.3. The monoisotopic (exact) mass is 226 g/mol. The smallest absolute Gasteiger partial charge is 0.407 e. The number of amides is 2. The van der Waals surface area contributed by atoms with Crippen molar-refractivity contribution in [2.75, 3.05) is 13.1 Å². The molecule has 5 nitrogen and oxygen atoms in total. The molecular weight excluding hydrogens is 208 g/mol. The molecule has 0 aliphatic heterocycles. The van der Waals surface area contributed by atoms with E-state index >= 15 is 0 Å². The minimum absolute atomic E-state index is 0.312. The van der Waals surface area contributed by atoms with Crippen molar-refractivity contribution in [3.8, 4) is 11.8 Å². The van der Waals surface area contributed by atoms with Crippen molar-refractivity contribution in [3.05, 3.63) is 0 Å². The molecule has 2 N–H and O–H groups in total. The summed E-state index contributed by atoms with van der Waals surface area (Å²) in [5, 5.41) is 5.03. The molecule has 0 bridgehead atoms. The molecule has 0 aromatic rings. The molecule has 2 amide bonds. The number of carbonyl (C=O) groups excluding carboxylic acids is 2. The third kappa shape index (κ3) is 8.88. The average molecular weight is 226 g/mol. The summed E-state index contributed by atoms with van der Waals surface area (Å²) < 4.78 is 5.00. The molecular formula is C11H18N2O3. The number of rotatable bonds is 3. The number of hydrogen-bond donors (Lipinski definition) is 2. The summed E-state index contributed by atoms with van der Waals surface area (Å²) in [4.78, 5) is 22.0. The molecule has 0 heterocycles. The van der Waals surface area contributed by atoms with E-state index < -0.39 is 11.7 Å². The molecule has 0 aliphatic rings. The van der Waals surface area contributed by atoms with Crippen LogP contribution in [-0.2, 0) is 9.53 Å². The lowest BCUT2D eigenvalue weighted by Crippen LogP contribution is -2.37. The van der Waals surface area contributed by atoms with Crippen molar-refractivity contribution in [1.82, 2.24) is 10.6 Å². The van der Waals surface area contributed by atoms with Crippen molar-refractivity contribution in [1.29, 1.82) is 0 Å². The summed E-state index contributed by atoms with van der Waals surface area (Å²) in [6, 6.07) is 0. The zero-order valence-corrected chi connectivity index (χ0v) is 10.1. The van der Waals surface area contributed by atoms with Gasteiger partial charge < -0.3 is 15.4 Å². The SMILES string of the molecule is CC#CC(=O)NCCNC(=O)OC(C)(C)C. The molecule has 0 saturated carbocycles. The largest absolute Gasteiger partial charge is 0.444 e. The Morgan fingerprint density at radius 3 is 2.25 bits per heavy atom. The fourth-order valence-corrected chi connectivity index (χ4v) is 0.812. The Hall–Kier alpha value is -1.70. The molecule has 0 aromatic carbocycles. The number of nitrogens with one attached hydrogen (secondary N) is 2. The molecule has 0 aliphatic carbocycles. The molecule has 0 radical (unpaired) electrons. The highest BCUT2D eigenvalue weighted by Crippen LogP contribution is 2.05. The zero-order valence-electron chi connectivity index (χ0n) is 10.1. The summed E-state index contributed by atoms with van der Waals surface area (Å²) in [5.41, 5.74) is -0.513. The van der Waals surface area contributed by atoms with Gasteiger partial charge >= 0.3 is 6.09 Å². The van der Waals surface area contributed by atoms with Gasteiger partial charge in [0.25, 0.3) is 5.91 Å². The topological polar surface area (TPSA) is 67.4 Å². The van der Waals surface area contributed by atoms with Crippen LogP contribution in [0.2, 0.25) is 0 Å². The highest BCUT2D eigenvalue weighted by molar-refractivity contribution is 5.93. The van der Waals surface area contributed by atoms with E-state index in [1.807, 2.05) is 0 Å². The van der Waals surface area contributed by atoms with Crippen LogP contribution in [0.15, 0.2) is 0 Å². The maximum absolute atomic E-state index is 11.2. The highest BCUT2D eigenvalue weighted by Gasteiger charge is 2.15. The fraction of sp³-hybridized carbons (Fsp3) is 0.636. The van der Waals surface area contributed by atoms with Crippen molar-refractivity contribution in [2.45, 2.75) is 33.3 Å². The van der Waals surface area contributed by atoms with E-state index in [2.05, 4.69) is 22.5 Å². The summed E-state index contributed by atoms with van der Waals surface area (Å²) in [5.74, 6) is 4.45. The molecule has 0 atom stereocenters. The summed E-state index contributed by atoms with van der Waals surface area (Å²) in [6.45, 7) is 7.57. The van der Waals surface area contributed by atoms with Crippen molar-refractivity contribution in [2.24, 2.45) is 0 Å². The molecule has 0 rings (SSSR count). The summed E-state index contributed by atoms with van der Waals surface area (Å²) in [6.07, 6.45) is -0.497. The molecule has 0 saturated heterocycles. The highest BCUT2D eigenvalue weighted by atomic mass is 16.6. The maximum Gasteiger partial charge on any atom is 0.407 e. The van der Waals surface area contributed by atoms with Gasteiger partial charge in [-0.15, -0.1) is 0 Å². The molecule has 90 valence electrons. The molecule has 0 spiro atoms. The van der Waals surface area contributed by atoms with Crippen LogP contribution in [0.4, 0.5) is 4.79 Å². The van der Waals surface area contributed by atoms with Gasteiger partial charge in [0.15, 0.2) is 0 Å². The van der Waals surface area contributed by atoms with E-state index in [4.69, 9.17) is 4.74 Å². The Labute approximate surface area is 95.9 Å². The van der Waals surface area contributed by atoms with Gasteiger partial charge in [-0.2, -0.15) is 0 Å². The normalized spacial score (nSPS) is 9.75. The second-order valence-electron chi connectivity index (χ2n) is 4.06. The van der Waals surface area contributed by atoms with Crippen LogP contribution < -0.4 is 10.6 Å². The Morgan fingerprint density at radius 1 is 1.19 bits per heavy atom. The van der Waals surface area contributed by atoms with Gasteiger partial charge in [-0.05, 0) is 33.6 Å². The molecule has 0 fully saturated rings. The van der Waals surface area contributed by atoms with Gasteiger partial charge in [-0.25, -0.2) is 4.79 Å². The maximum atomic E-state index is 11.2. The number of hydrogen-bond acceptors (Lipinski definition) is 3. The lowest BCUT2D eigenvalue weighted by molar-refractivity contribution is -0.115. The Kier molecular flexibility index (Phi) is 6.01. The zero-order chi connectivity index (χ0) is 12.6. The minimum Gasteiger partial charge on any atom is -0.444 e. The Morgan fingerprint density at radius 2 is 1.75 bits per heavy atom. The third-order valence-electron chi connectivity index (χ3n) is 1.32. The van der Waals surface area contributed by atoms with Gasteiger partial charge in [-0.3, -0.25) is 4.79 Å². The van der Waals surface area contributed by atoms with Crippen LogP contribution in [0.25, 0.3) is 0 Å². The summed E-state index contributed by atoms with van der Waals surface area (Å²) >= 11 is 0. The van der Waals surface area contributed by atoms with Gasteiger partial charge in [0.2, 0.25) is 0 Å². The van der Waals surface area contributed by atoms with E-state index in [1.54, 1.807) is 27.7 Å². The van der Waals surface area contributed by atoms with Crippen LogP contribution in [-0.4, -0.2) is 30.7 Å². The van der Waals surface area contributed by atoms with Gasteiger partial charge in [0, 0.05) is 13.1 Å². The van der Waals surface area contributed by atoms with Crippen molar-refractivity contribution >= 4 is 12.0 Å². The molecule has 5 heteroatoms. The number of alkyl carbamates (subject to hydrolysis) is 1. The average Bonchev–Trinajstić information content (AvgIpc) is 2.10. The van der Waals surface area contributed by atoms with Crippen LogP contribution in [0.3, 0.4) is 0 Å². The number of ether oxygens (including phenoxy) is 1. The quantitative estimate of drug-likeness (QED) is 0.548. The lowest BCUT2D eigenvalue weighted by atomic mass is 10.2. The van der Waals surface area contributed by atoms with E-state index in [-0.39, 0.29) is 5.91 Å². The second kappa shape index (κ2) is 6.72. The first-order chi connectivity index (χ1) is 7.35. The van der Waals surface area contributed by atoms with Gasteiger partial charge in [0.05, 0.1) is 0 Å². The predicted molar refractivity (Wildman–Crippen MR) is 60.7 cm³/mol. The molecule has 0 aromatic heterocycles. The van der Waals surface area contributed by atoms with Crippen molar-refractivity contribution in [3.63, 3.8) is 0 Å². The third-order valence-corrected chi connectivity index (χ3v) is 1.32. The van der Waals surface area contributed by atoms with Gasteiger partial charge in [-0.1, -0.05) is 5.92 Å². The lowest BCUT2D eigenvalue weighted by Gasteiger charge is -2.19. The molecule has 0 unspecified atom stereocenters. The second-order valence-corrected chi connectivity index (χ2v) is 4.06. The predicted octanol–water partition coefficient (Wildman–Crippen LogP) is 0.651. The number of carbonyl (C=O) groups is 2. The van der Waals surface area contributed by atoms with E-state index in [0.29, 0.717) is 13.1 Å². The van der Waals surface area contributed by atoms with E-state index in [9.17, 15) is 9.59 Å². The first-order valence-corrected chi connectivity index (χ1v) is 5.02. The van der Waals surface area contributed by atoms with Gasteiger partial charge in [0.1, 0.15) is 5.60 Å². The Balaban J connectivity index is 3.62. The minimum atomic E-state index is -0.513. The van der Waals surface area contributed by atoms with E-state index in [0.717, 1.165) is 0 Å². The fourth-order valence-electron chi connectivity index (χ4n) is 0.812. The Bertz CT molecular complexity index is 307. The van der Waals surface area contributed by atoms with Crippen LogP contribution in [0, 0.1) is 11.8 Å². The van der Waals surface area contributed by atoms with Crippen molar-refractivity contribution < 1.29 is 14.3 Å². The van der Waals surface area contributed by atoms with E-state index in [1.165, 1.54) is 0 Å². The van der Waals surface area contributed by atoms with Crippen LogP contribution in [0.1, 0.15) is 27.7 Å². The standard InChI is InChI=1S/C11H18N2O3/c1-5-6-9(14)12-7-8-13-10(15)16-11(2,3)4/h7-8H2,1-4H3,(H,12,14)(H,13,15). The molecule has 16 heavy (non-hydrogen) atoms. The van der Waals surface area contributed by atoms with Crippen LogP contribution in [0.5, 0.6) is 0 Å². The summed E-state index contributed by atoms with van der Waals surface area (Å²) in [7, 11) is 0. The first-order valence-electron chi connectivity index (χ1n) is 5.02.